The average molecular weight is 333 g/mol. The van der Waals surface area contributed by atoms with Gasteiger partial charge < -0.3 is 19.6 Å². The van der Waals surface area contributed by atoms with E-state index in [1.807, 2.05) is 24.3 Å². The maximum atomic E-state index is 12.5. The lowest BCUT2D eigenvalue weighted by molar-refractivity contribution is 0.0342. The van der Waals surface area contributed by atoms with Crippen LogP contribution in [0.25, 0.3) is 0 Å². The van der Waals surface area contributed by atoms with E-state index in [4.69, 9.17) is 9.84 Å². The molecule has 2 aliphatic heterocycles. The smallest absolute Gasteiger partial charge is 0.407 e. The molecule has 0 bridgehead atoms. The zero-order chi connectivity index (χ0) is 16.9. The lowest BCUT2D eigenvalue weighted by Gasteiger charge is -2.33. The topological polar surface area (TPSA) is 73.3 Å². The molecule has 2 aliphatic rings. The number of hydrogen-bond donors (Lipinski definition) is 1. The molecule has 0 aromatic heterocycles. The molecule has 1 aromatic carbocycles. The van der Waals surface area contributed by atoms with Crippen molar-refractivity contribution in [1.82, 2.24) is 14.7 Å². The molecule has 0 spiro atoms. The number of carbonyl (C=O) groups excluding carboxylic acids is 1. The number of hydrogen-bond acceptors (Lipinski definition) is 4. The SMILES string of the molecule is O=C(O)N1CCN(C(=O)c2ccc(CN3CCOCC3)cc2)CC1. The van der Waals surface area contributed by atoms with Crippen LogP contribution in [0.3, 0.4) is 0 Å². The third-order valence-electron chi connectivity index (χ3n) is 4.55. The number of rotatable bonds is 3. The van der Waals surface area contributed by atoms with Gasteiger partial charge >= 0.3 is 6.09 Å². The molecule has 1 N–H and O–H groups in total. The summed E-state index contributed by atoms with van der Waals surface area (Å²) < 4.78 is 5.35. The van der Waals surface area contributed by atoms with Crippen molar-refractivity contribution >= 4 is 12.0 Å². The number of benzene rings is 1. The first-order chi connectivity index (χ1) is 11.6. The van der Waals surface area contributed by atoms with Gasteiger partial charge in [-0.05, 0) is 17.7 Å². The fourth-order valence-electron chi connectivity index (χ4n) is 3.05. The monoisotopic (exact) mass is 333 g/mol. The van der Waals surface area contributed by atoms with Crippen LogP contribution < -0.4 is 0 Å². The minimum atomic E-state index is -0.922. The predicted octanol–water partition coefficient (Wildman–Crippen LogP) is 0.955. The van der Waals surface area contributed by atoms with Crippen LogP contribution in [0.2, 0.25) is 0 Å². The summed E-state index contributed by atoms with van der Waals surface area (Å²) in [5.74, 6) is -0.0297. The Morgan fingerprint density at radius 2 is 1.50 bits per heavy atom. The minimum absolute atomic E-state index is 0.0297. The van der Waals surface area contributed by atoms with Gasteiger partial charge in [0.2, 0.25) is 0 Å². The van der Waals surface area contributed by atoms with Crippen LogP contribution >= 0.6 is 0 Å². The Labute approximate surface area is 141 Å². The van der Waals surface area contributed by atoms with E-state index < -0.39 is 6.09 Å². The van der Waals surface area contributed by atoms with Crippen molar-refractivity contribution in [2.75, 3.05) is 52.5 Å². The molecule has 24 heavy (non-hydrogen) atoms. The van der Waals surface area contributed by atoms with Gasteiger partial charge in [0.15, 0.2) is 0 Å². The van der Waals surface area contributed by atoms with Crippen LogP contribution in [0.4, 0.5) is 4.79 Å². The summed E-state index contributed by atoms with van der Waals surface area (Å²) in [7, 11) is 0. The summed E-state index contributed by atoms with van der Waals surface area (Å²) in [5.41, 5.74) is 1.84. The quantitative estimate of drug-likeness (QED) is 0.892. The average Bonchev–Trinajstić information content (AvgIpc) is 2.63. The van der Waals surface area contributed by atoms with Gasteiger partial charge in [-0.2, -0.15) is 0 Å². The molecule has 2 amide bonds. The van der Waals surface area contributed by atoms with Crippen molar-refractivity contribution in [3.63, 3.8) is 0 Å². The van der Waals surface area contributed by atoms with E-state index >= 15 is 0 Å². The lowest BCUT2D eigenvalue weighted by atomic mass is 10.1. The number of piperazine rings is 1. The van der Waals surface area contributed by atoms with Gasteiger partial charge in [-0.1, -0.05) is 12.1 Å². The highest BCUT2D eigenvalue weighted by Crippen LogP contribution is 2.12. The number of morpholine rings is 1. The van der Waals surface area contributed by atoms with E-state index in [0.29, 0.717) is 31.7 Å². The Kier molecular flexibility index (Phi) is 5.32. The largest absolute Gasteiger partial charge is 0.465 e. The summed E-state index contributed by atoms with van der Waals surface area (Å²) in [4.78, 5) is 28.8. The standard InChI is InChI=1S/C17H23N3O4/c21-16(19-5-7-20(8-6-19)17(22)23)15-3-1-14(2-4-15)13-18-9-11-24-12-10-18/h1-4H,5-13H2,(H,22,23). The van der Waals surface area contributed by atoms with Gasteiger partial charge in [0.25, 0.3) is 5.91 Å². The molecule has 0 aliphatic carbocycles. The van der Waals surface area contributed by atoms with Crippen LogP contribution in [0, 0.1) is 0 Å². The van der Waals surface area contributed by atoms with E-state index in [2.05, 4.69) is 4.90 Å². The van der Waals surface area contributed by atoms with Gasteiger partial charge in [0.05, 0.1) is 13.2 Å². The van der Waals surface area contributed by atoms with Gasteiger partial charge in [-0.25, -0.2) is 4.79 Å². The molecule has 2 fully saturated rings. The van der Waals surface area contributed by atoms with E-state index in [9.17, 15) is 9.59 Å². The van der Waals surface area contributed by atoms with Gasteiger partial charge in [-0.15, -0.1) is 0 Å². The molecule has 2 heterocycles. The van der Waals surface area contributed by atoms with E-state index in [1.165, 1.54) is 10.5 Å². The first kappa shape index (κ1) is 16.7. The highest BCUT2D eigenvalue weighted by molar-refractivity contribution is 5.94. The van der Waals surface area contributed by atoms with Crippen LogP contribution in [0.5, 0.6) is 0 Å². The number of amides is 2. The number of carbonyl (C=O) groups is 2. The Hall–Kier alpha value is -2.12. The van der Waals surface area contributed by atoms with Crippen molar-refractivity contribution < 1.29 is 19.4 Å². The number of carboxylic acid groups (broad SMARTS) is 1. The molecule has 130 valence electrons. The highest BCUT2D eigenvalue weighted by atomic mass is 16.5. The molecule has 2 saturated heterocycles. The van der Waals surface area contributed by atoms with Crippen molar-refractivity contribution in [2.24, 2.45) is 0 Å². The second-order valence-corrected chi connectivity index (χ2v) is 6.15. The third-order valence-corrected chi connectivity index (χ3v) is 4.55. The van der Waals surface area contributed by atoms with Crippen LogP contribution in [0.1, 0.15) is 15.9 Å². The van der Waals surface area contributed by atoms with Gasteiger partial charge in [-0.3, -0.25) is 9.69 Å². The van der Waals surface area contributed by atoms with E-state index in [-0.39, 0.29) is 5.91 Å². The molecular formula is C17H23N3O4. The Morgan fingerprint density at radius 1 is 0.917 bits per heavy atom. The van der Waals surface area contributed by atoms with Crippen molar-refractivity contribution in [3.05, 3.63) is 35.4 Å². The highest BCUT2D eigenvalue weighted by Gasteiger charge is 2.24. The maximum absolute atomic E-state index is 12.5. The number of nitrogens with zero attached hydrogens (tertiary/aromatic N) is 3. The molecular weight excluding hydrogens is 310 g/mol. The minimum Gasteiger partial charge on any atom is -0.465 e. The Balaban J connectivity index is 1.55. The zero-order valence-corrected chi connectivity index (χ0v) is 13.7. The summed E-state index contributed by atoms with van der Waals surface area (Å²) in [6.07, 6.45) is -0.922. The summed E-state index contributed by atoms with van der Waals surface area (Å²) >= 11 is 0. The summed E-state index contributed by atoms with van der Waals surface area (Å²) in [6.45, 7) is 5.93. The first-order valence-electron chi connectivity index (χ1n) is 8.29. The Morgan fingerprint density at radius 3 is 2.08 bits per heavy atom. The fraction of sp³-hybridized carbons (Fsp3) is 0.529. The van der Waals surface area contributed by atoms with E-state index in [1.54, 1.807) is 4.90 Å². The summed E-state index contributed by atoms with van der Waals surface area (Å²) in [5, 5.41) is 8.96. The molecule has 0 unspecified atom stereocenters. The van der Waals surface area contributed by atoms with Crippen LogP contribution in [-0.2, 0) is 11.3 Å². The second kappa shape index (κ2) is 7.63. The van der Waals surface area contributed by atoms with E-state index in [0.717, 1.165) is 32.8 Å². The number of ether oxygens (including phenoxy) is 1. The van der Waals surface area contributed by atoms with Gasteiger partial charge in [0.1, 0.15) is 0 Å². The molecule has 7 nitrogen and oxygen atoms in total. The first-order valence-corrected chi connectivity index (χ1v) is 8.29. The van der Waals surface area contributed by atoms with Crippen molar-refractivity contribution in [3.8, 4) is 0 Å². The second-order valence-electron chi connectivity index (χ2n) is 6.15. The molecule has 3 rings (SSSR count). The molecule has 0 saturated carbocycles. The molecule has 1 aromatic rings. The third kappa shape index (κ3) is 4.04. The lowest BCUT2D eigenvalue weighted by Crippen LogP contribution is -2.50. The zero-order valence-electron chi connectivity index (χ0n) is 13.7. The fourth-order valence-corrected chi connectivity index (χ4v) is 3.05. The van der Waals surface area contributed by atoms with Crippen molar-refractivity contribution in [2.45, 2.75) is 6.54 Å². The molecule has 7 heteroatoms. The van der Waals surface area contributed by atoms with Crippen molar-refractivity contribution in [1.29, 1.82) is 0 Å². The maximum Gasteiger partial charge on any atom is 0.407 e. The van der Waals surface area contributed by atoms with Crippen LogP contribution in [-0.4, -0.2) is 84.3 Å². The normalized spacial score (nSPS) is 19.3. The van der Waals surface area contributed by atoms with Gasteiger partial charge in [0, 0.05) is 51.4 Å². The van der Waals surface area contributed by atoms with Crippen LogP contribution in [0.15, 0.2) is 24.3 Å². The Bertz CT molecular complexity index is 576. The predicted molar refractivity (Wildman–Crippen MR) is 88.0 cm³/mol. The summed E-state index contributed by atoms with van der Waals surface area (Å²) in [6, 6.07) is 7.72. The molecule has 0 atom stereocenters. The molecule has 0 radical (unpaired) electrons.